The summed E-state index contributed by atoms with van der Waals surface area (Å²) < 4.78 is 42.3. The summed E-state index contributed by atoms with van der Waals surface area (Å²) in [4.78, 5) is 13.0. The smallest absolute Gasteiger partial charge is 0.305 e. The van der Waals surface area contributed by atoms with Gasteiger partial charge in [0.2, 0.25) is 0 Å². The van der Waals surface area contributed by atoms with Gasteiger partial charge in [0.25, 0.3) is 5.91 Å². The molecule has 2 aromatic heterocycles. The first-order valence-electron chi connectivity index (χ1n) is 9.09. The molecule has 1 amide bonds. The average Bonchev–Trinajstić information content (AvgIpc) is 3.33. The molecule has 0 saturated carbocycles. The second-order valence-electron chi connectivity index (χ2n) is 6.65. The van der Waals surface area contributed by atoms with Crippen molar-refractivity contribution in [1.29, 1.82) is 0 Å². The van der Waals surface area contributed by atoms with Crippen LogP contribution >= 0.6 is 11.6 Å². The van der Waals surface area contributed by atoms with Crippen LogP contribution in [0, 0.1) is 6.92 Å². The van der Waals surface area contributed by atoms with Gasteiger partial charge < -0.3 is 5.32 Å². The van der Waals surface area contributed by atoms with Crippen molar-refractivity contribution in [2.24, 2.45) is 0 Å². The van der Waals surface area contributed by atoms with Gasteiger partial charge in [-0.25, -0.2) is 9.36 Å². The Kier molecular flexibility index (Phi) is 5.28. The number of halogens is 4. The van der Waals surface area contributed by atoms with Crippen LogP contribution in [-0.4, -0.2) is 25.5 Å². The van der Waals surface area contributed by atoms with E-state index in [1.54, 1.807) is 49.4 Å². The number of aryl methyl sites for hydroxylation is 1. The number of carbonyl (C=O) groups excluding carboxylic acids is 1. The summed E-state index contributed by atoms with van der Waals surface area (Å²) in [6.07, 6.45) is -4.73. The van der Waals surface area contributed by atoms with Gasteiger partial charge in [-0.2, -0.15) is 23.4 Å². The van der Waals surface area contributed by atoms with Crippen molar-refractivity contribution in [2.75, 3.05) is 5.32 Å². The molecule has 6 nitrogen and oxygen atoms in total. The van der Waals surface area contributed by atoms with Crippen LogP contribution in [0.3, 0.4) is 0 Å². The third-order valence-electron chi connectivity index (χ3n) is 4.39. The van der Waals surface area contributed by atoms with Crippen LogP contribution < -0.4 is 5.32 Å². The number of carbonyl (C=O) groups is 1. The van der Waals surface area contributed by atoms with Gasteiger partial charge in [-0.15, -0.1) is 0 Å². The first-order chi connectivity index (χ1) is 14.7. The highest BCUT2D eigenvalue weighted by Gasteiger charge is 2.36. The lowest BCUT2D eigenvalue weighted by Crippen LogP contribution is -2.19. The first kappa shape index (κ1) is 20.7. The number of hydrogen-bond donors (Lipinski definition) is 1. The summed E-state index contributed by atoms with van der Waals surface area (Å²) in [5.41, 5.74) is -0.0713. The van der Waals surface area contributed by atoms with E-state index in [0.29, 0.717) is 23.3 Å². The molecule has 31 heavy (non-hydrogen) atoms. The van der Waals surface area contributed by atoms with Crippen molar-refractivity contribution in [2.45, 2.75) is 13.1 Å². The Labute approximate surface area is 179 Å². The molecule has 158 valence electrons. The molecule has 0 atom stereocenters. The normalized spacial score (nSPS) is 11.5. The van der Waals surface area contributed by atoms with Gasteiger partial charge in [0.05, 0.1) is 22.1 Å². The van der Waals surface area contributed by atoms with E-state index in [1.807, 2.05) is 6.07 Å². The lowest BCUT2D eigenvalue weighted by atomic mass is 10.3. The number of para-hydroxylation sites is 2. The zero-order valence-corrected chi connectivity index (χ0v) is 16.8. The Bertz CT molecular complexity index is 1250. The third kappa shape index (κ3) is 4.17. The van der Waals surface area contributed by atoms with E-state index in [9.17, 15) is 18.0 Å². The van der Waals surface area contributed by atoms with E-state index in [4.69, 9.17) is 11.6 Å². The molecule has 0 bridgehead atoms. The number of aromatic nitrogens is 4. The lowest BCUT2D eigenvalue weighted by Gasteiger charge is -2.11. The predicted octanol–water partition coefficient (Wildman–Crippen LogP) is 5.29. The molecule has 2 aromatic carbocycles. The summed E-state index contributed by atoms with van der Waals surface area (Å²) in [7, 11) is 0. The number of benzene rings is 2. The number of anilines is 1. The second kappa shape index (κ2) is 7.92. The molecule has 0 aliphatic carbocycles. The van der Waals surface area contributed by atoms with Crippen molar-refractivity contribution in [1.82, 2.24) is 19.6 Å². The van der Waals surface area contributed by atoms with Crippen LogP contribution in [0.4, 0.5) is 19.0 Å². The maximum atomic E-state index is 13.3. The first-order valence-corrected chi connectivity index (χ1v) is 9.47. The van der Waals surface area contributed by atoms with Crippen molar-refractivity contribution in [3.8, 4) is 11.4 Å². The van der Waals surface area contributed by atoms with Gasteiger partial charge in [0.1, 0.15) is 11.5 Å². The van der Waals surface area contributed by atoms with E-state index in [1.165, 1.54) is 16.8 Å². The topological polar surface area (TPSA) is 64.7 Å². The molecule has 0 saturated heterocycles. The Morgan fingerprint density at radius 2 is 1.65 bits per heavy atom. The fraction of sp³-hybridized carbons (Fsp3) is 0.0952. The van der Waals surface area contributed by atoms with Gasteiger partial charge in [0, 0.05) is 12.1 Å². The van der Waals surface area contributed by atoms with Crippen LogP contribution in [0.2, 0.25) is 5.02 Å². The summed E-state index contributed by atoms with van der Waals surface area (Å²) in [6, 6.07) is 17.5. The molecule has 4 aromatic rings. The molecule has 0 aliphatic heterocycles. The standard InChI is InChI=1S/C21H15ClF3N5O/c1-13-11-19(29(27-13)14-7-3-2-4-8-14)26-20(31)17-12-18(21(23,24)25)28-30(17)16-10-6-5-9-15(16)22/h2-12H,1H3,(H,26,31). The number of alkyl halides is 3. The van der Waals surface area contributed by atoms with E-state index in [0.717, 1.165) is 4.68 Å². The summed E-state index contributed by atoms with van der Waals surface area (Å²) in [5, 5.41) is 10.7. The molecule has 0 aliphatic rings. The van der Waals surface area contributed by atoms with E-state index in [-0.39, 0.29) is 16.4 Å². The maximum absolute atomic E-state index is 13.3. The fourth-order valence-electron chi connectivity index (χ4n) is 3.02. The molecule has 1 N–H and O–H groups in total. The number of rotatable bonds is 4. The average molecular weight is 446 g/mol. The van der Waals surface area contributed by atoms with Crippen molar-refractivity contribution in [3.63, 3.8) is 0 Å². The fourth-order valence-corrected chi connectivity index (χ4v) is 3.24. The van der Waals surface area contributed by atoms with Gasteiger partial charge in [-0.3, -0.25) is 4.79 Å². The lowest BCUT2D eigenvalue weighted by molar-refractivity contribution is -0.141. The van der Waals surface area contributed by atoms with Crippen LogP contribution in [0.15, 0.2) is 66.7 Å². The second-order valence-corrected chi connectivity index (χ2v) is 7.06. The minimum absolute atomic E-state index is 0.151. The molecule has 0 unspecified atom stereocenters. The number of nitrogens with one attached hydrogen (secondary N) is 1. The van der Waals surface area contributed by atoms with Crippen molar-refractivity contribution in [3.05, 3.63) is 88.8 Å². The molecule has 2 heterocycles. The Morgan fingerprint density at radius 3 is 2.32 bits per heavy atom. The minimum Gasteiger partial charge on any atom is -0.305 e. The molecule has 0 spiro atoms. The van der Waals surface area contributed by atoms with Gasteiger partial charge in [-0.1, -0.05) is 41.9 Å². The Morgan fingerprint density at radius 1 is 0.968 bits per heavy atom. The van der Waals surface area contributed by atoms with Gasteiger partial charge in [0.15, 0.2) is 5.69 Å². The molecule has 0 fully saturated rings. The van der Waals surface area contributed by atoms with Crippen LogP contribution in [0.5, 0.6) is 0 Å². The zero-order valence-electron chi connectivity index (χ0n) is 16.1. The monoisotopic (exact) mass is 445 g/mol. The van der Waals surface area contributed by atoms with E-state index >= 15 is 0 Å². The molecule has 0 radical (unpaired) electrons. The highest BCUT2D eigenvalue weighted by atomic mass is 35.5. The van der Waals surface area contributed by atoms with Crippen molar-refractivity contribution >= 4 is 23.3 Å². The van der Waals surface area contributed by atoms with Crippen LogP contribution in [-0.2, 0) is 6.18 Å². The quantitative estimate of drug-likeness (QED) is 0.464. The summed E-state index contributed by atoms with van der Waals surface area (Å²) >= 11 is 6.14. The summed E-state index contributed by atoms with van der Waals surface area (Å²) in [6.45, 7) is 1.74. The van der Waals surface area contributed by atoms with Gasteiger partial charge in [-0.05, 0) is 31.2 Å². The molecular weight excluding hydrogens is 431 g/mol. The number of hydrogen-bond acceptors (Lipinski definition) is 3. The number of amides is 1. The molecule has 4 rings (SSSR count). The van der Waals surface area contributed by atoms with Crippen molar-refractivity contribution < 1.29 is 18.0 Å². The number of nitrogens with zero attached hydrogens (tertiary/aromatic N) is 4. The Hall–Kier alpha value is -3.59. The van der Waals surface area contributed by atoms with Gasteiger partial charge >= 0.3 is 6.18 Å². The zero-order chi connectivity index (χ0) is 22.2. The maximum Gasteiger partial charge on any atom is 0.435 e. The van der Waals surface area contributed by atoms with Crippen LogP contribution in [0.1, 0.15) is 21.9 Å². The Balaban J connectivity index is 1.77. The predicted molar refractivity (Wildman–Crippen MR) is 110 cm³/mol. The molecular formula is C21H15ClF3N5O. The van der Waals surface area contributed by atoms with E-state index < -0.39 is 17.8 Å². The summed E-state index contributed by atoms with van der Waals surface area (Å²) in [5.74, 6) is -0.492. The highest BCUT2D eigenvalue weighted by molar-refractivity contribution is 6.32. The van der Waals surface area contributed by atoms with Crippen LogP contribution in [0.25, 0.3) is 11.4 Å². The minimum atomic E-state index is -4.73. The highest BCUT2D eigenvalue weighted by Crippen LogP contribution is 2.31. The third-order valence-corrected chi connectivity index (χ3v) is 4.71. The largest absolute Gasteiger partial charge is 0.435 e. The molecule has 10 heteroatoms. The van der Waals surface area contributed by atoms with E-state index in [2.05, 4.69) is 15.5 Å². The SMILES string of the molecule is Cc1cc(NC(=O)c2cc(C(F)(F)F)nn2-c2ccccc2Cl)n(-c2ccccc2)n1.